The normalized spacial score (nSPS) is 14.7. The summed E-state index contributed by atoms with van der Waals surface area (Å²) in [6.07, 6.45) is 1.32. The zero-order chi connectivity index (χ0) is 19.4. The molecule has 1 saturated heterocycles. The zero-order valence-electron chi connectivity index (χ0n) is 15.4. The van der Waals surface area contributed by atoms with Gasteiger partial charge in [0.2, 0.25) is 0 Å². The molecule has 142 valence electrons. The smallest absolute Gasteiger partial charge is 0.337 e. The SMILES string of the molecule is COC(=O)c1cccc(C(=O)N2CCC(NC(=O)c3ccc(C)o3)CC2)c1. The second kappa shape index (κ2) is 8.07. The van der Waals surface area contributed by atoms with Crippen molar-refractivity contribution in [3.05, 3.63) is 59.0 Å². The van der Waals surface area contributed by atoms with E-state index in [0.717, 1.165) is 0 Å². The van der Waals surface area contributed by atoms with E-state index < -0.39 is 5.97 Å². The van der Waals surface area contributed by atoms with Gasteiger partial charge in [-0.25, -0.2) is 4.79 Å². The highest BCUT2D eigenvalue weighted by Gasteiger charge is 2.26. The molecule has 0 bridgehead atoms. The minimum absolute atomic E-state index is 0.00615. The van der Waals surface area contributed by atoms with Gasteiger partial charge in [0.05, 0.1) is 12.7 Å². The summed E-state index contributed by atoms with van der Waals surface area (Å²) in [7, 11) is 1.31. The molecule has 7 heteroatoms. The average molecular weight is 370 g/mol. The minimum Gasteiger partial charge on any atom is -0.465 e. The monoisotopic (exact) mass is 370 g/mol. The van der Waals surface area contributed by atoms with Gasteiger partial charge in [-0.15, -0.1) is 0 Å². The highest BCUT2D eigenvalue weighted by Crippen LogP contribution is 2.16. The van der Waals surface area contributed by atoms with E-state index in [1.54, 1.807) is 48.2 Å². The lowest BCUT2D eigenvalue weighted by molar-refractivity contribution is 0.0600. The number of carbonyl (C=O) groups is 3. The maximum atomic E-state index is 12.7. The third-order valence-corrected chi connectivity index (χ3v) is 4.61. The predicted octanol–water partition coefficient (Wildman–Crippen LogP) is 2.41. The van der Waals surface area contributed by atoms with Crippen molar-refractivity contribution in [3.63, 3.8) is 0 Å². The molecule has 0 spiro atoms. The number of hydrogen-bond donors (Lipinski definition) is 1. The summed E-state index contributed by atoms with van der Waals surface area (Å²) in [5.74, 6) is 0.144. The maximum Gasteiger partial charge on any atom is 0.337 e. The molecule has 2 amide bonds. The molecule has 1 aliphatic rings. The predicted molar refractivity (Wildman–Crippen MR) is 97.6 cm³/mol. The number of hydrogen-bond acceptors (Lipinski definition) is 5. The number of benzene rings is 1. The molecule has 1 aliphatic heterocycles. The highest BCUT2D eigenvalue weighted by molar-refractivity contribution is 5.98. The van der Waals surface area contributed by atoms with Gasteiger partial charge in [0.1, 0.15) is 5.76 Å². The first-order chi connectivity index (χ1) is 13.0. The number of esters is 1. The van der Waals surface area contributed by atoms with E-state index in [0.29, 0.717) is 48.6 Å². The molecular formula is C20H22N2O5. The quantitative estimate of drug-likeness (QED) is 0.835. The minimum atomic E-state index is -0.473. The molecule has 0 aliphatic carbocycles. The van der Waals surface area contributed by atoms with E-state index in [-0.39, 0.29) is 17.9 Å². The Hall–Kier alpha value is -3.09. The number of piperidine rings is 1. The van der Waals surface area contributed by atoms with Gasteiger partial charge in [0, 0.05) is 24.7 Å². The van der Waals surface area contributed by atoms with Crippen molar-refractivity contribution in [3.8, 4) is 0 Å². The summed E-state index contributed by atoms with van der Waals surface area (Å²) >= 11 is 0. The summed E-state index contributed by atoms with van der Waals surface area (Å²) in [6.45, 7) is 2.85. The molecule has 7 nitrogen and oxygen atoms in total. The van der Waals surface area contributed by atoms with E-state index in [1.807, 2.05) is 0 Å². The summed E-state index contributed by atoms with van der Waals surface area (Å²) in [4.78, 5) is 38.2. The van der Waals surface area contributed by atoms with Gasteiger partial charge < -0.3 is 19.4 Å². The van der Waals surface area contributed by atoms with Crippen LogP contribution in [0.2, 0.25) is 0 Å². The van der Waals surface area contributed by atoms with Crippen LogP contribution in [0, 0.1) is 6.92 Å². The van der Waals surface area contributed by atoms with Gasteiger partial charge >= 0.3 is 5.97 Å². The molecule has 0 atom stereocenters. The highest BCUT2D eigenvalue weighted by atomic mass is 16.5. The van der Waals surface area contributed by atoms with E-state index in [2.05, 4.69) is 5.32 Å². The largest absolute Gasteiger partial charge is 0.465 e. The van der Waals surface area contributed by atoms with Crippen molar-refractivity contribution >= 4 is 17.8 Å². The fraction of sp³-hybridized carbons (Fsp3) is 0.350. The average Bonchev–Trinajstić information content (AvgIpc) is 3.14. The lowest BCUT2D eigenvalue weighted by Gasteiger charge is -2.32. The summed E-state index contributed by atoms with van der Waals surface area (Å²) in [5.41, 5.74) is 0.797. The van der Waals surface area contributed by atoms with Gasteiger partial charge in [-0.1, -0.05) is 6.07 Å². The van der Waals surface area contributed by atoms with Crippen molar-refractivity contribution in [1.82, 2.24) is 10.2 Å². The fourth-order valence-electron chi connectivity index (χ4n) is 3.12. The molecule has 0 saturated carbocycles. The molecule has 1 aromatic heterocycles. The second-order valence-electron chi connectivity index (χ2n) is 6.52. The maximum absolute atomic E-state index is 12.7. The van der Waals surface area contributed by atoms with E-state index in [1.165, 1.54) is 7.11 Å². The molecule has 3 rings (SSSR count). The summed E-state index contributed by atoms with van der Waals surface area (Å²) < 4.78 is 10.0. The van der Waals surface area contributed by atoms with Crippen molar-refractivity contribution in [2.75, 3.05) is 20.2 Å². The number of nitrogens with zero attached hydrogens (tertiary/aromatic N) is 1. The first-order valence-corrected chi connectivity index (χ1v) is 8.83. The number of nitrogens with one attached hydrogen (secondary N) is 1. The molecule has 0 radical (unpaired) electrons. The van der Waals surface area contributed by atoms with Crippen LogP contribution < -0.4 is 5.32 Å². The summed E-state index contributed by atoms with van der Waals surface area (Å²) in [5, 5.41) is 2.95. The molecule has 0 unspecified atom stereocenters. The van der Waals surface area contributed by atoms with Crippen LogP contribution in [0.25, 0.3) is 0 Å². The second-order valence-corrected chi connectivity index (χ2v) is 6.52. The van der Waals surface area contributed by atoms with Crippen LogP contribution in [0.15, 0.2) is 40.8 Å². The van der Waals surface area contributed by atoms with Crippen molar-refractivity contribution in [2.45, 2.75) is 25.8 Å². The van der Waals surface area contributed by atoms with Gasteiger partial charge in [-0.2, -0.15) is 0 Å². The Morgan fingerprint density at radius 1 is 1.11 bits per heavy atom. The third-order valence-electron chi connectivity index (χ3n) is 4.61. The van der Waals surface area contributed by atoms with Crippen LogP contribution in [-0.2, 0) is 4.74 Å². The van der Waals surface area contributed by atoms with E-state index >= 15 is 0 Å². The lowest BCUT2D eigenvalue weighted by Crippen LogP contribution is -2.46. The van der Waals surface area contributed by atoms with Crippen molar-refractivity contribution < 1.29 is 23.5 Å². The summed E-state index contributed by atoms with van der Waals surface area (Å²) in [6, 6.07) is 9.89. The Kier molecular flexibility index (Phi) is 5.59. The van der Waals surface area contributed by atoms with E-state index in [4.69, 9.17) is 9.15 Å². The van der Waals surface area contributed by atoms with Crippen LogP contribution in [0.3, 0.4) is 0 Å². The molecule has 27 heavy (non-hydrogen) atoms. The number of likely N-dealkylation sites (tertiary alicyclic amines) is 1. The topological polar surface area (TPSA) is 88.9 Å². The zero-order valence-corrected chi connectivity index (χ0v) is 15.4. The van der Waals surface area contributed by atoms with Crippen LogP contribution in [0.5, 0.6) is 0 Å². The van der Waals surface area contributed by atoms with Crippen LogP contribution in [0.1, 0.15) is 49.9 Å². The number of methoxy groups -OCH3 is 1. The number of ether oxygens (including phenoxy) is 1. The van der Waals surface area contributed by atoms with Crippen LogP contribution in [-0.4, -0.2) is 48.9 Å². The first kappa shape index (κ1) is 18.7. The molecular weight excluding hydrogens is 348 g/mol. The fourth-order valence-corrected chi connectivity index (χ4v) is 3.12. The number of rotatable bonds is 4. The molecule has 2 heterocycles. The molecule has 1 aromatic carbocycles. The lowest BCUT2D eigenvalue weighted by atomic mass is 10.0. The van der Waals surface area contributed by atoms with Crippen LogP contribution >= 0.6 is 0 Å². The van der Waals surface area contributed by atoms with Gasteiger partial charge in [0.15, 0.2) is 5.76 Å². The van der Waals surface area contributed by atoms with Gasteiger partial charge in [0.25, 0.3) is 11.8 Å². The van der Waals surface area contributed by atoms with E-state index in [9.17, 15) is 14.4 Å². The number of aryl methyl sites for hydroxylation is 1. The van der Waals surface area contributed by atoms with Crippen LogP contribution in [0.4, 0.5) is 0 Å². The Morgan fingerprint density at radius 3 is 2.44 bits per heavy atom. The first-order valence-electron chi connectivity index (χ1n) is 8.83. The number of carbonyl (C=O) groups excluding carboxylic acids is 3. The Labute approximate surface area is 157 Å². The number of amides is 2. The molecule has 1 fully saturated rings. The molecule has 1 N–H and O–H groups in total. The van der Waals surface area contributed by atoms with Gasteiger partial charge in [-0.05, 0) is 50.1 Å². The third kappa shape index (κ3) is 4.36. The van der Waals surface area contributed by atoms with Crippen molar-refractivity contribution in [2.24, 2.45) is 0 Å². The number of furan rings is 1. The Morgan fingerprint density at radius 2 is 1.81 bits per heavy atom. The Balaban J connectivity index is 1.56. The molecule has 2 aromatic rings. The Bertz CT molecular complexity index is 850. The standard InChI is InChI=1S/C20H22N2O5/c1-13-6-7-17(27-13)18(23)21-16-8-10-22(11-9-16)19(24)14-4-3-5-15(12-14)20(25)26-2/h3-7,12,16H,8-11H2,1-2H3,(H,21,23). The van der Waals surface area contributed by atoms with Crippen molar-refractivity contribution in [1.29, 1.82) is 0 Å². The van der Waals surface area contributed by atoms with Gasteiger partial charge in [-0.3, -0.25) is 9.59 Å².